The number of alkyl halides is 5. The maximum atomic E-state index is 14.6. The lowest BCUT2D eigenvalue weighted by Gasteiger charge is -2.23. The average Bonchev–Trinajstić information content (AvgIpc) is 2.83. The van der Waals surface area contributed by atoms with E-state index in [1.165, 1.54) is 26.1 Å². The molecule has 0 saturated heterocycles. The number of nitrogens with zero attached hydrogens (tertiary/aromatic N) is 4. The van der Waals surface area contributed by atoms with E-state index in [1.54, 1.807) is 0 Å². The third-order valence-corrected chi connectivity index (χ3v) is 5.67. The fraction of sp³-hybridized carbons (Fsp3) is 0.391. The smallest absolute Gasteiger partial charge is 0.390 e. The number of carbonyl (C=O) groups is 1. The molecule has 200 valence electrons. The lowest BCUT2D eigenvalue weighted by Crippen LogP contribution is -2.40. The topological polar surface area (TPSA) is 100 Å². The number of anilines is 1. The van der Waals surface area contributed by atoms with Crippen LogP contribution in [0.2, 0.25) is 0 Å². The number of hydrogen-bond donors (Lipinski definition) is 2. The summed E-state index contributed by atoms with van der Waals surface area (Å²) in [5, 5.41) is 12.2. The monoisotopic (exact) mass is 531 g/mol. The van der Waals surface area contributed by atoms with E-state index in [0.717, 1.165) is 23.0 Å². The molecule has 3 aromatic rings. The van der Waals surface area contributed by atoms with Crippen molar-refractivity contribution in [3.8, 4) is 0 Å². The molecule has 2 heterocycles. The Morgan fingerprint density at radius 2 is 1.86 bits per heavy atom. The molecule has 0 saturated carbocycles. The first-order valence-electron chi connectivity index (χ1n) is 11.0. The van der Waals surface area contributed by atoms with Crippen LogP contribution in [0.25, 0.3) is 11.0 Å². The Bertz CT molecular complexity index is 1340. The molecule has 0 bridgehead atoms. The highest BCUT2D eigenvalue weighted by atomic mass is 19.4. The van der Waals surface area contributed by atoms with Gasteiger partial charge in [0.25, 0.3) is 17.9 Å². The minimum absolute atomic E-state index is 0.0213. The zero-order chi connectivity index (χ0) is 27.5. The normalized spacial score (nSPS) is 12.7. The van der Waals surface area contributed by atoms with E-state index in [9.17, 15) is 41.0 Å². The molecule has 1 aromatic carbocycles. The van der Waals surface area contributed by atoms with Crippen LogP contribution in [0.4, 0.5) is 32.2 Å². The van der Waals surface area contributed by atoms with Crippen molar-refractivity contribution >= 4 is 22.8 Å². The van der Waals surface area contributed by atoms with Crippen LogP contribution in [-0.2, 0) is 7.05 Å². The van der Waals surface area contributed by atoms with E-state index in [1.807, 2.05) is 0 Å². The van der Waals surface area contributed by atoms with E-state index in [0.29, 0.717) is 4.90 Å². The van der Waals surface area contributed by atoms with Gasteiger partial charge in [0.1, 0.15) is 29.2 Å². The second kappa shape index (κ2) is 11.2. The number of pyridine rings is 1. The van der Waals surface area contributed by atoms with Crippen LogP contribution < -0.4 is 10.9 Å². The van der Waals surface area contributed by atoms with Gasteiger partial charge in [-0.25, -0.2) is 23.1 Å². The third-order valence-electron chi connectivity index (χ3n) is 5.67. The molecule has 0 radical (unpaired) electrons. The number of amides is 1. The van der Waals surface area contributed by atoms with Crippen LogP contribution in [0, 0.1) is 5.82 Å². The van der Waals surface area contributed by atoms with Crippen molar-refractivity contribution < 1.29 is 36.2 Å². The Hall–Kier alpha value is -3.68. The summed E-state index contributed by atoms with van der Waals surface area (Å²) in [7, 11) is 1.29. The summed E-state index contributed by atoms with van der Waals surface area (Å²) in [6.45, 7) is -0.371. The molecule has 1 amide bonds. The molecule has 0 aliphatic heterocycles. The maximum absolute atomic E-state index is 14.6. The van der Waals surface area contributed by atoms with Crippen LogP contribution in [0.5, 0.6) is 0 Å². The highest BCUT2D eigenvalue weighted by Crippen LogP contribution is 2.30. The number of fused-ring (bicyclic) bond motifs is 1. The zero-order valence-electron chi connectivity index (χ0n) is 19.7. The van der Waals surface area contributed by atoms with Crippen molar-refractivity contribution in [3.05, 3.63) is 63.5 Å². The van der Waals surface area contributed by atoms with Gasteiger partial charge in [0.05, 0.1) is 30.0 Å². The summed E-state index contributed by atoms with van der Waals surface area (Å²) >= 11 is 0. The Labute approximate surface area is 206 Å². The van der Waals surface area contributed by atoms with Crippen molar-refractivity contribution in [2.75, 3.05) is 25.0 Å². The molecule has 0 unspecified atom stereocenters. The molecule has 8 nitrogen and oxygen atoms in total. The van der Waals surface area contributed by atoms with Crippen LogP contribution >= 0.6 is 0 Å². The molecular formula is C23H23F6N5O3. The minimum atomic E-state index is -4.57. The summed E-state index contributed by atoms with van der Waals surface area (Å²) in [6, 6.07) is 3.74. The van der Waals surface area contributed by atoms with Crippen molar-refractivity contribution in [2.45, 2.75) is 32.0 Å². The average molecular weight is 531 g/mol. The van der Waals surface area contributed by atoms with Crippen LogP contribution in [0.15, 0.2) is 35.4 Å². The van der Waals surface area contributed by atoms with Gasteiger partial charge < -0.3 is 15.3 Å². The number of aliphatic hydroxyl groups is 1. The number of rotatable bonds is 9. The first-order chi connectivity index (χ1) is 17.4. The van der Waals surface area contributed by atoms with Gasteiger partial charge in [0.15, 0.2) is 0 Å². The molecular weight excluding hydrogens is 508 g/mol. The van der Waals surface area contributed by atoms with Gasteiger partial charge in [-0.1, -0.05) is 18.2 Å². The minimum Gasteiger partial charge on any atom is -0.395 e. The zero-order valence-corrected chi connectivity index (χ0v) is 19.7. The number of nitrogens with one attached hydrogen (secondary N) is 1. The Morgan fingerprint density at radius 3 is 2.49 bits per heavy atom. The molecule has 14 heteroatoms. The largest absolute Gasteiger partial charge is 0.395 e. The fourth-order valence-corrected chi connectivity index (χ4v) is 3.76. The van der Waals surface area contributed by atoms with E-state index in [2.05, 4.69) is 15.3 Å². The second-order valence-electron chi connectivity index (χ2n) is 8.18. The van der Waals surface area contributed by atoms with Crippen molar-refractivity contribution in [3.63, 3.8) is 0 Å². The third kappa shape index (κ3) is 6.18. The first kappa shape index (κ1) is 27.9. The molecule has 37 heavy (non-hydrogen) atoms. The van der Waals surface area contributed by atoms with E-state index < -0.39 is 73.2 Å². The SMILES string of the molecule is C[C@@H](Nc1ncnc2c1cc(C(=O)N(CCO)CCC(F)(F)F)c(=O)n2C)c1cccc(C(F)F)c1F. The van der Waals surface area contributed by atoms with Gasteiger partial charge in [-0.15, -0.1) is 0 Å². The van der Waals surface area contributed by atoms with Crippen LogP contribution in [0.3, 0.4) is 0 Å². The van der Waals surface area contributed by atoms with Gasteiger partial charge in [-0.2, -0.15) is 13.2 Å². The first-order valence-corrected chi connectivity index (χ1v) is 11.0. The summed E-state index contributed by atoms with van der Waals surface area (Å²) in [5.41, 5.74) is -2.16. The lowest BCUT2D eigenvalue weighted by atomic mass is 10.0. The van der Waals surface area contributed by atoms with Gasteiger partial charge in [-0.3, -0.25) is 14.2 Å². The number of hydrogen-bond acceptors (Lipinski definition) is 6. The number of benzene rings is 1. The predicted octanol–water partition coefficient (Wildman–Crippen LogP) is 3.97. The summed E-state index contributed by atoms with van der Waals surface area (Å²) < 4.78 is 80.1. The molecule has 0 aliphatic rings. The van der Waals surface area contributed by atoms with Crippen molar-refractivity contribution in [1.82, 2.24) is 19.4 Å². The van der Waals surface area contributed by atoms with Gasteiger partial charge in [-0.05, 0) is 13.0 Å². The molecule has 1 atom stereocenters. The summed E-state index contributed by atoms with van der Waals surface area (Å²) in [5.74, 6) is -2.13. The summed E-state index contributed by atoms with van der Waals surface area (Å²) in [4.78, 5) is 34.7. The van der Waals surface area contributed by atoms with E-state index in [4.69, 9.17) is 0 Å². The Kier molecular flexibility index (Phi) is 8.41. The Morgan fingerprint density at radius 1 is 1.19 bits per heavy atom. The fourth-order valence-electron chi connectivity index (χ4n) is 3.76. The molecule has 0 aliphatic carbocycles. The molecule has 3 rings (SSSR count). The number of aromatic nitrogens is 3. The van der Waals surface area contributed by atoms with Gasteiger partial charge >= 0.3 is 6.18 Å². The van der Waals surface area contributed by atoms with Crippen molar-refractivity contribution in [1.29, 1.82) is 0 Å². The molecule has 2 aromatic heterocycles. The van der Waals surface area contributed by atoms with Gasteiger partial charge in [0, 0.05) is 25.7 Å². The van der Waals surface area contributed by atoms with Gasteiger partial charge in [0.2, 0.25) is 0 Å². The standard InChI is InChI=1S/C23H23F6N5O3/c1-12(13-4-3-5-14(17(13)24)18(25)26)32-19-15-10-16(21(36)33(2)20(15)31-11-30-19)22(37)34(8-9-35)7-6-23(27,28)29/h3-5,10-12,18,35H,6-9H2,1-2H3,(H,30,31,32)/t12-/m1/s1. The van der Waals surface area contributed by atoms with Crippen LogP contribution in [0.1, 0.15) is 47.3 Å². The van der Waals surface area contributed by atoms with E-state index in [-0.39, 0.29) is 22.4 Å². The highest BCUT2D eigenvalue weighted by molar-refractivity contribution is 5.99. The number of aliphatic hydroxyl groups excluding tert-OH is 1. The highest BCUT2D eigenvalue weighted by Gasteiger charge is 2.30. The number of halogens is 6. The number of carbonyl (C=O) groups excluding carboxylic acids is 1. The summed E-state index contributed by atoms with van der Waals surface area (Å²) in [6.07, 6.45) is -7.86. The molecule has 2 N–H and O–H groups in total. The lowest BCUT2D eigenvalue weighted by molar-refractivity contribution is -0.136. The second-order valence-corrected chi connectivity index (χ2v) is 8.18. The maximum Gasteiger partial charge on any atom is 0.390 e. The Balaban J connectivity index is 2.04. The quantitative estimate of drug-likeness (QED) is 0.406. The van der Waals surface area contributed by atoms with E-state index >= 15 is 0 Å². The molecule has 0 spiro atoms. The molecule has 0 fully saturated rings. The predicted molar refractivity (Wildman–Crippen MR) is 122 cm³/mol. The van der Waals surface area contributed by atoms with Crippen LogP contribution in [-0.4, -0.2) is 56.3 Å². The van der Waals surface area contributed by atoms with Crippen molar-refractivity contribution in [2.24, 2.45) is 7.05 Å². The number of aryl methyl sites for hydroxylation is 1.